The van der Waals surface area contributed by atoms with Crippen LogP contribution in [0.5, 0.6) is 0 Å². The van der Waals surface area contributed by atoms with Gasteiger partial charge in [-0.1, -0.05) is 32.8 Å². The summed E-state index contributed by atoms with van der Waals surface area (Å²) in [5, 5.41) is 0. The Balaban J connectivity index is 2.14. The van der Waals surface area contributed by atoms with E-state index in [1.807, 2.05) is 12.1 Å². The first-order valence-electron chi connectivity index (χ1n) is 7.41. The number of nitrogen functional groups attached to an aromatic ring is 1. The first-order chi connectivity index (χ1) is 9.20. The van der Waals surface area contributed by atoms with Crippen molar-refractivity contribution in [2.75, 3.05) is 16.9 Å². The largest absolute Gasteiger partial charge is 0.354 e. The van der Waals surface area contributed by atoms with Gasteiger partial charge < -0.3 is 10.3 Å². The predicted octanol–water partition coefficient (Wildman–Crippen LogP) is 3.16. The Morgan fingerprint density at radius 3 is 2.74 bits per heavy atom. The minimum atomic E-state index is 0.652. The highest BCUT2D eigenvalue weighted by molar-refractivity contribution is 5.47. The number of rotatable bonds is 6. The van der Waals surface area contributed by atoms with E-state index >= 15 is 0 Å². The summed E-state index contributed by atoms with van der Waals surface area (Å²) in [6, 6.07) is 6.67. The van der Waals surface area contributed by atoms with Crippen molar-refractivity contribution in [3.05, 3.63) is 18.2 Å². The molecule has 1 aliphatic rings. The molecule has 0 amide bonds. The van der Waals surface area contributed by atoms with Gasteiger partial charge in [0.1, 0.15) is 11.6 Å². The van der Waals surface area contributed by atoms with Gasteiger partial charge in [-0.2, -0.15) is 0 Å². The molecule has 0 saturated heterocycles. The summed E-state index contributed by atoms with van der Waals surface area (Å²) in [5.41, 5.74) is 2.64. The number of nitrogens with one attached hydrogen (secondary N) is 1. The molecule has 1 aromatic rings. The van der Waals surface area contributed by atoms with Crippen molar-refractivity contribution < 1.29 is 0 Å². The molecular formula is C15H26N4. The predicted molar refractivity (Wildman–Crippen MR) is 81.1 cm³/mol. The fourth-order valence-corrected chi connectivity index (χ4v) is 2.76. The van der Waals surface area contributed by atoms with E-state index < -0.39 is 0 Å². The SMILES string of the molecule is CC(C)CCN(c1cccc(NN)n1)C1CCCC1. The molecule has 0 unspecified atom stereocenters. The molecule has 106 valence electrons. The first kappa shape index (κ1) is 14.1. The molecule has 19 heavy (non-hydrogen) atoms. The van der Waals surface area contributed by atoms with E-state index in [-0.39, 0.29) is 0 Å². The number of hydrazine groups is 1. The van der Waals surface area contributed by atoms with Crippen LogP contribution in [0.15, 0.2) is 18.2 Å². The second kappa shape index (κ2) is 6.75. The maximum absolute atomic E-state index is 5.46. The zero-order chi connectivity index (χ0) is 13.7. The lowest BCUT2D eigenvalue weighted by molar-refractivity contribution is 0.525. The monoisotopic (exact) mass is 262 g/mol. The van der Waals surface area contributed by atoms with Gasteiger partial charge in [0.05, 0.1) is 0 Å². The minimum Gasteiger partial charge on any atom is -0.354 e. The van der Waals surface area contributed by atoms with Crippen LogP contribution < -0.4 is 16.2 Å². The Labute approximate surface area is 116 Å². The number of hydrogen-bond donors (Lipinski definition) is 2. The van der Waals surface area contributed by atoms with Gasteiger partial charge in [-0.25, -0.2) is 10.8 Å². The topological polar surface area (TPSA) is 54.2 Å². The number of nitrogens with two attached hydrogens (primary N) is 1. The summed E-state index contributed by atoms with van der Waals surface area (Å²) in [4.78, 5) is 7.08. The molecule has 1 aliphatic carbocycles. The Kier molecular flexibility index (Phi) is 5.02. The minimum absolute atomic E-state index is 0.652. The van der Waals surface area contributed by atoms with Crippen LogP contribution in [0.2, 0.25) is 0 Å². The molecule has 0 aliphatic heterocycles. The van der Waals surface area contributed by atoms with Gasteiger partial charge in [0.15, 0.2) is 0 Å². The second-order valence-electron chi connectivity index (χ2n) is 5.84. The Morgan fingerprint density at radius 1 is 1.37 bits per heavy atom. The van der Waals surface area contributed by atoms with Crippen molar-refractivity contribution in [1.82, 2.24) is 4.98 Å². The normalized spacial score (nSPS) is 16.0. The van der Waals surface area contributed by atoms with Gasteiger partial charge in [0.25, 0.3) is 0 Å². The maximum atomic E-state index is 5.46. The van der Waals surface area contributed by atoms with Crippen molar-refractivity contribution in [1.29, 1.82) is 0 Å². The third kappa shape index (κ3) is 3.83. The molecule has 0 aromatic carbocycles. The molecule has 4 heteroatoms. The van der Waals surface area contributed by atoms with Crippen LogP contribution in [0.25, 0.3) is 0 Å². The maximum Gasteiger partial charge on any atom is 0.142 e. The van der Waals surface area contributed by atoms with Gasteiger partial charge in [0, 0.05) is 12.6 Å². The van der Waals surface area contributed by atoms with Crippen molar-refractivity contribution in [2.24, 2.45) is 11.8 Å². The molecule has 2 rings (SSSR count). The lowest BCUT2D eigenvalue weighted by atomic mass is 10.1. The summed E-state index contributed by atoms with van der Waals surface area (Å²) < 4.78 is 0. The zero-order valence-electron chi connectivity index (χ0n) is 12.1. The Hall–Kier alpha value is -1.29. The summed E-state index contributed by atoms with van der Waals surface area (Å²) in [6.45, 7) is 5.64. The van der Waals surface area contributed by atoms with E-state index in [1.54, 1.807) is 0 Å². The van der Waals surface area contributed by atoms with Gasteiger partial charge in [0.2, 0.25) is 0 Å². The quantitative estimate of drug-likeness (QED) is 0.611. The molecule has 0 spiro atoms. The average molecular weight is 262 g/mol. The highest BCUT2D eigenvalue weighted by Crippen LogP contribution is 2.28. The van der Waals surface area contributed by atoms with E-state index in [0.29, 0.717) is 6.04 Å². The molecule has 0 radical (unpaired) electrons. The number of nitrogens with zero attached hydrogens (tertiary/aromatic N) is 2. The third-order valence-corrected chi connectivity index (χ3v) is 3.89. The summed E-state index contributed by atoms with van der Waals surface area (Å²) in [5.74, 6) is 7.98. The smallest absolute Gasteiger partial charge is 0.142 e. The van der Waals surface area contributed by atoms with Crippen molar-refractivity contribution in [3.63, 3.8) is 0 Å². The highest BCUT2D eigenvalue weighted by atomic mass is 15.3. The van der Waals surface area contributed by atoms with Crippen LogP contribution in [0.1, 0.15) is 46.0 Å². The van der Waals surface area contributed by atoms with E-state index in [4.69, 9.17) is 5.84 Å². The van der Waals surface area contributed by atoms with Crippen molar-refractivity contribution in [2.45, 2.75) is 52.0 Å². The number of aromatic nitrogens is 1. The molecule has 1 aromatic heterocycles. The number of hydrogen-bond acceptors (Lipinski definition) is 4. The average Bonchev–Trinajstić information content (AvgIpc) is 2.93. The number of anilines is 2. The van der Waals surface area contributed by atoms with Gasteiger partial charge in [-0.15, -0.1) is 0 Å². The standard InChI is InChI=1S/C15H26N4/c1-12(2)10-11-19(13-6-3-4-7-13)15-9-5-8-14(17-15)18-16/h5,8-9,12-13H,3-4,6-7,10-11,16H2,1-2H3,(H,17,18). The van der Waals surface area contributed by atoms with E-state index in [9.17, 15) is 0 Å². The van der Waals surface area contributed by atoms with Crippen molar-refractivity contribution >= 4 is 11.6 Å². The van der Waals surface area contributed by atoms with Crippen LogP contribution in [0, 0.1) is 5.92 Å². The lowest BCUT2D eigenvalue weighted by Gasteiger charge is -2.31. The number of pyridine rings is 1. The Morgan fingerprint density at radius 2 is 2.11 bits per heavy atom. The molecule has 1 heterocycles. The van der Waals surface area contributed by atoms with E-state index in [0.717, 1.165) is 24.1 Å². The molecule has 3 N–H and O–H groups in total. The lowest BCUT2D eigenvalue weighted by Crippen LogP contribution is -2.35. The van der Waals surface area contributed by atoms with E-state index in [2.05, 4.69) is 35.2 Å². The van der Waals surface area contributed by atoms with E-state index in [1.165, 1.54) is 32.1 Å². The summed E-state index contributed by atoms with van der Waals surface area (Å²) >= 11 is 0. The highest BCUT2D eigenvalue weighted by Gasteiger charge is 2.23. The summed E-state index contributed by atoms with van der Waals surface area (Å²) in [7, 11) is 0. The van der Waals surface area contributed by atoms with Crippen LogP contribution in [0.4, 0.5) is 11.6 Å². The van der Waals surface area contributed by atoms with Crippen molar-refractivity contribution in [3.8, 4) is 0 Å². The zero-order valence-corrected chi connectivity index (χ0v) is 12.1. The fraction of sp³-hybridized carbons (Fsp3) is 0.667. The van der Waals surface area contributed by atoms with Gasteiger partial charge in [-0.05, 0) is 37.3 Å². The first-order valence-corrected chi connectivity index (χ1v) is 7.41. The van der Waals surface area contributed by atoms with Crippen LogP contribution in [0.3, 0.4) is 0 Å². The van der Waals surface area contributed by atoms with Crippen LogP contribution in [-0.2, 0) is 0 Å². The molecular weight excluding hydrogens is 236 g/mol. The third-order valence-electron chi connectivity index (χ3n) is 3.89. The molecule has 1 fully saturated rings. The molecule has 4 nitrogen and oxygen atoms in total. The van der Waals surface area contributed by atoms with Crippen LogP contribution in [-0.4, -0.2) is 17.6 Å². The van der Waals surface area contributed by atoms with Gasteiger partial charge >= 0.3 is 0 Å². The summed E-state index contributed by atoms with van der Waals surface area (Å²) in [6.07, 6.45) is 6.48. The fourth-order valence-electron chi connectivity index (χ4n) is 2.76. The molecule has 0 atom stereocenters. The van der Waals surface area contributed by atoms with Gasteiger partial charge in [-0.3, -0.25) is 0 Å². The second-order valence-corrected chi connectivity index (χ2v) is 5.84. The van der Waals surface area contributed by atoms with Crippen LogP contribution >= 0.6 is 0 Å². The molecule has 1 saturated carbocycles. The molecule has 0 bridgehead atoms. The Bertz CT molecular complexity index is 385.